The summed E-state index contributed by atoms with van der Waals surface area (Å²) in [6, 6.07) is 2.11. The molecule has 1 aliphatic rings. The standard InChI is InChI=1S/C18H31N5O/c1-4-19-18(21-10-6-17-7-12-24-13-8-17)20-9-5-11-23-16(3)14-15(2)22-23/h7,14H,4-6,8-13H2,1-3H3,(H2,19,20,21). The Hall–Kier alpha value is -1.82. The Labute approximate surface area is 145 Å². The van der Waals surface area contributed by atoms with Gasteiger partial charge in [0.05, 0.1) is 18.9 Å². The fraction of sp³-hybridized carbons (Fsp3) is 0.667. The van der Waals surface area contributed by atoms with Crippen molar-refractivity contribution in [3.05, 3.63) is 29.1 Å². The Morgan fingerprint density at radius 3 is 2.92 bits per heavy atom. The summed E-state index contributed by atoms with van der Waals surface area (Å²) in [6.45, 7) is 11.3. The lowest BCUT2D eigenvalue weighted by Crippen LogP contribution is -2.38. The number of nitrogens with zero attached hydrogens (tertiary/aromatic N) is 3. The van der Waals surface area contributed by atoms with E-state index in [1.807, 2.05) is 6.92 Å². The molecule has 6 heteroatoms. The molecule has 0 radical (unpaired) electrons. The van der Waals surface area contributed by atoms with E-state index < -0.39 is 0 Å². The summed E-state index contributed by atoms with van der Waals surface area (Å²) in [5, 5.41) is 11.2. The van der Waals surface area contributed by atoms with Crippen LogP contribution in [0.15, 0.2) is 22.7 Å². The normalized spacial score (nSPS) is 15.3. The third-order valence-corrected chi connectivity index (χ3v) is 4.04. The Balaban J connectivity index is 1.71. The number of ether oxygens (including phenoxy) is 1. The average molecular weight is 333 g/mol. The van der Waals surface area contributed by atoms with Gasteiger partial charge in [0, 0.05) is 31.9 Å². The van der Waals surface area contributed by atoms with Crippen LogP contribution in [0, 0.1) is 13.8 Å². The van der Waals surface area contributed by atoms with Crippen molar-refractivity contribution in [2.75, 3.05) is 32.8 Å². The van der Waals surface area contributed by atoms with Crippen molar-refractivity contribution in [3.8, 4) is 0 Å². The van der Waals surface area contributed by atoms with Gasteiger partial charge in [-0.25, -0.2) is 0 Å². The molecule has 0 aromatic carbocycles. The summed E-state index contributed by atoms with van der Waals surface area (Å²) in [7, 11) is 0. The Morgan fingerprint density at radius 2 is 2.25 bits per heavy atom. The molecule has 0 amide bonds. The first-order valence-corrected chi connectivity index (χ1v) is 8.98. The van der Waals surface area contributed by atoms with Crippen LogP contribution < -0.4 is 10.6 Å². The van der Waals surface area contributed by atoms with E-state index >= 15 is 0 Å². The second-order valence-corrected chi connectivity index (χ2v) is 6.13. The predicted octanol–water partition coefficient (Wildman–Crippen LogP) is 2.18. The molecule has 134 valence electrons. The van der Waals surface area contributed by atoms with Crippen molar-refractivity contribution in [1.82, 2.24) is 20.4 Å². The van der Waals surface area contributed by atoms with E-state index in [9.17, 15) is 0 Å². The van der Waals surface area contributed by atoms with Crippen LogP contribution in [0.25, 0.3) is 0 Å². The van der Waals surface area contributed by atoms with E-state index in [4.69, 9.17) is 4.74 Å². The first-order chi connectivity index (χ1) is 11.7. The molecule has 2 heterocycles. The minimum absolute atomic E-state index is 0.760. The highest BCUT2D eigenvalue weighted by atomic mass is 16.5. The van der Waals surface area contributed by atoms with E-state index in [2.05, 4.69) is 51.4 Å². The molecule has 0 fully saturated rings. The number of aromatic nitrogens is 2. The minimum atomic E-state index is 0.760. The van der Waals surface area contributed by atoms with E-state index in [0.29, 0.717) is 0 Å². The molecule has 1 aromatic rings. The third-order valence-electron chi connectivity index (χ3n) is 4.04. The average Bonchev–Trinajstić information content (AvgIpc) is 2.90. The number of nitrogens with one attached hydrogen (secondary N) is 2. The Bertz CT molecular complexity index is 562. The topological polar surface area (TPSA) is 63.5 Å². The van der Waals surface area contributed by atoms with Gasteiger partial charge in [-0.1, -0.05) is 11.6 Å². The highest BCUT2D eigenvalue weighted by Gasteiger charge is 2.04. The monoisotopic (exact) mass is 333 g/mol. The van der Waals surface area contributed by atoms with Crippen molar-refractivity contribution in [3.63, 3.8) is 0 Å². The van der Waals surface area contributed by atoms with Gasteiger partial charge in [-0.15, -0.1) is 0 Å². The van der Waals surface area contributed by atoms with Gasteiger partial charge in [0.15, 0.2) is 5.96 Å². The number of rotatable bonds is 8. The fourth-order valence-corrected chi connectivity index (χ4v) is 2.79. The maximum atomic E-state index is 5.34. The fourth-order valence-electron chi connectivity index (χ4n) is 2.79. The van der Waals surface area contributed by atoms with Crippen LogP contribution in [0.3, 0.4) is 0 Å². The second kappa shape index (κ2) is 10.1. The molecule has 0 bridgehead atoms. The van der Waals surface area contributed by atoms with Gasteiger partial charge in [-0.2, -0.15) is 5.10 Å². The summed E-state index contributed by atoms with van der Waals surface area (Å²) >= 11 is 0. The number of aryl methyl sites for hydroxylation is 3. The predicted molar refractivity (Wildman–Crippen MR) is 98.4 cm³/mol. The van der Waals surface area contributed by atoms with Crippen LogP contribution in [0.1, 0.15) is 37.6 Å². The first kappa shape index (κ1) is 18.5. The molecule has 2 N–H and O–H groups in total. The van der Waals surface area contributed by atoms with E-state index in [0.717, 1.165) is 70.3 Å². The minimum Gasteiger partial charge on any atom is -0.377 e. The second-order valence-electron chi connectivity index (χ2n) is 6.13. The van der Waals surface area contributed by atoms with Crippen molar-refractivity contribution < 1.29 is 4.74 Å². The van der Waals surface area contributed by atoms with E-state index in [-0.39, 0.29) is 0 Å². The maximum Gasteiger partial charge on any atom is 0.191 e. The van der Waals surface area contributed by atoms with Crippen molar-refractivity contribution in [2.45, 2.75) is 46.6 Å². The highest BCUT2D eigenvalue weighted by Crippen LogP contribution is 2.10. The van der Waals surface area contributed by atoms with E-state index in [1.165, 1.54) is 11.3 Å². The molecule has 1 aliphatic heterocycles. The Morgan fingerprint density at radius 1 is 1.38 bits per heavy atom. The molecular weight excluding hydrogens is 302 g/mol. The summed E-state index contributed by atoms with van der Waals surface area (Å²) in [5.74, 6) is 0.901. The molecule has 0 saturated heterocycles. The molecule has 6 nitrogen and oxygen atoms in total. The van der Waals surface area contributed by atoms with Gasteiger partial charge < -0.3 is 15.4 Å². The zero-order valence-electron chi connectivity index (χ0n) is 15.3. The first-order valence-electron chi connectivity index (χ1n) is 8.98. The molecule has 2 rings (SSSR count). The maximum absolute atomic E-state index is 5.34. The molecule has 0 aliphatic carbocycles. The lowest BCUT2D eigenvalue weighted by Gasteiger charge is -2.15. The quantitative estimate of drug-likeness (QED) is 0.331. The zero-order chi connectivity index (χ0) is 17.2. The van der Waals surface area contributed by atoms with Gasteiger partial charge in [0.1, 0.15) is 0 Å². The van der Waals surface area contributed by atoms with Gasteiger partial charge in [-0.05, 0) is 46.1 Å². The van der Waals surface area contributed by atoms with Gasteiger partial charge in [0.25, 0.3) is 0 Å². The van der Waals surface area contributed by atoms with E-state index in [1.54, 1.807) is 0 Å². The van der Waals surface area contributed by atoms with Crippen molar-refractivity contribution in [2.24, 2.45) is 4.99 Å². The molecule has 0 spiro atoms. The van der Waals surface area contributed by atoms with Crippen LogP contribution in [0.2, 0.25) is 0 Å². The zero-order valence-corrected chi connectivity index (χ0v) is 15.3. The van der Waals surface area contributed by atoms with Crippen LogP contribution in [-0.4, -0.2) is 48.6 Å². The molecule has 0 saturated carbocycles. The number of aliphatic imine (C=N–C) groups is 1. The highest BCUT2D eigenvalue weighted by molar-refractivity contribution is 5.79. The summed E-state index contributed by atoms with van der Waals surface area (Å²) < 4.78 is 7.40. The van der Waals surface area contributed by atoms with Crippen molar-refractivity contribution in [1.29, 1.82) is 0 Å². The van der Waals surface area contributed by atoms with Gasteiger partial charge in [0.2, 0.25) is 0 Å². The molecule has 24 heavy (non-hydrogen) atoms. The van der Waals surface area contributed by atoms with Crippen LogP contribution in [0.4, 0.5) is 0 Å². The largest absolute Gasteiger partial charge is 0.377 e. The van der Waals surface area contributed by atoms with Crippen LogP contribution in [-0.2, 0) is 11.3 Å². The number of hydrogen-bond donors (Lipinski definition) is 2. The van der Waals surface area contributed by atoms with Gasteiger partial charge >= 0.3 is 0 Å². The smallest absolute Gasteiger partial charge is 0.191 e. The van der Waals surface area contributed by atoms with Crippen LogP contribution >= 0.6 is 0 Å². The lowest BCUT2D eigenvalue weighted by atomic mass is 10.1. The number of guanidine groups is 1. The molecule has 1 aromatic heterocycles. The Kier molecular flexibility index (Phi) is 7.82. The molecule has 0 unspecified atom stereocenters. The summed E-state index contributed by atoms with van der Waals surface area (Å²) in [5.41, 5.74) is 3.77. The third kappa shape index (κ3) is 6.35. The SMILES string of the molecule is CCNC(=NCCCn1nc(C)cc1C)NCCC1=CCOCC1. The number of hydrogen-bond acceptors (Lipinski definition) is 3. The van der Waals surface area contributed by atoms with Crippen molar-refractivity contribution >= 4 is 5.96 Å². The molecule has 0 atom stereocenters. The lowest BCUT2D eigenvalue weighted by molar-refractivity contribution is 0.153. The molecular formula is C18H31N5O. The van der Waals surface area contributed by atoms with Crippen LogP contribution in [0.5, 0.6) is 0 Å². The van der Waals surface area contributed by atoms with Gasteiger partial charge in [-0.3, -0.25) is 9.67 Å². The summed E-state index contributed by atoms with van der Waals surface area (Å²) in [4.78, 5) is 4.66. The summed E-state index contributed by atoms with van der Waals surface area (Å²) in [6.07, 6.45) is 5.29.